The van der Waals surface area contributed by atoms with Crippen LogP contribution >= 0.6 is 12.2 Å². The third-order valence-corrected chi connectivity index (χ3v) is 8.58. The van der Waals surface area contributed by atoms with E-state index in [2.05, 4.69) is 16.9 Å². The number of benzene rings is 1. The topological polar surface area (TPSA) is 143 Å². The van der Waals surface area contributed by atoms with Crippen molar-refractivity contribution in [3.63, 3.8) is 0 Å². The quantitative estimate of drug-likeness (QED) is 0.0911. The number of hydrogen-bond acceptors (Lipinski definition) is 8. The predicted molar refractivity (Wildman–Crippen MR) is 149 cm³/mol. The molecule has 1 aromatic carbocycles. The average Bonchev–Trinajstić information content (AvgIpc) is 3.22. The number of nitrogens with one attached hydrogen (secondary N) is 1. The van der Waals surface area contributed by atoms with Crippen LogP contribution in [-0.2, 0) is 33.1 Å². The minimum Gasteiger partial charge on any atom is -0.748 e. The molecule has 1 heterocycles. The van der Waals surface area contributed by atoms with Crippen LogP contribution in [0.2, 0.25) is 0 Å². The number of hydrogen-bond donors (Lipinski definition) is 1. The van der Waals surface area contributed by atoms with Gasteiger partial charge in [-0.15, -0.1) is 0 Å². The van der Waals surface area contributed by atoms with Gasteiger partial charge in [0.15, 0.2) is 0 Å². The summed E-state index contributed by atoms with van der Waals surface area (Å²) in [6.45, 7) is 2.23. The first-order valence-corrected chi connectivity index (χ1v) is 16.8. The Morgan fingerprint density at radius 1 is 0.846 bits per heavy atom. The molecule has 0 aliphatic carbocycles. The van der Waals surface area contributed by atoms with Crippen molar-refractivity contribution in [1.29, 1.82) is 0 Å². The first-order chi connectivity index (χ1) is 17.5. The minimum atomic E-state index is -4.73. The summed E-state index contributed by atoms with van der Waals surface area (Å²) in [6.07, 6.45) is 16.0. The molecule has 8 nitrogen and oxygen atoms in total. The van der Waals surface area contributed by atoms with Crippen LogP contribution in [0.25, 0.3) is 11.0 Å². The van der Waals surface area contributed by atoms with Crippen LogP contribution in [0.1, 0.15) is 108 Å². The second kappa shape index (κ2) is 21.6. The van der Waals surface area contributed by atoms with E-state index in [-0.39, 0.29) is 132 Å². The molecule has 0 fully saturated rings. The summed E-state index contributed by atoms with van der Waals surface area (Å²) in [6, 6.07) is 2.73. The fourth-order valence-corrected chi connectivity index (χ4v) is 6.05. The number of aromatic amines is 1. The van der Waals surface area contributed by atoms with Gasteiger partial charge in [-0.3, -0.25) is 0 Å². The normalized spacial score (nSPS) is 11.8. The van der Waals surface area contributed by atoms with Gasteiger partial charge in [-0.2, -0.15) is 0 Å². The number of fused-ring (bicyclic) bond motifs is 1. The maximum atomic E-state index is 11.9. The van der Waals surface area contributed by atoms with E-state index in [9.17, 15) is 25.9 Å². The number of rotatable bonds is 20. The molecule has 0 saturated heterocycles. The largest absolute Gasteiger partial charge is 1.00 e. The van der Waals surface area contributed by atoms with E-state index < -0.39 is 26.0 Å². The number of unbranched alkanes of at least 4 members (excludes halogenated alkanes) is 11. The summed E-state index contributed by atoms with van der Waals surface area (Å²) in [5.41, 5.74) is 1.15. The van der Waals surface area contributed by atoms with Crippen molar-refractivity contribution in [2.45, 2.75) is 115 Å². The number of nitrogens with zero attached hydrogens (tertiary/aromatic N) is 1. The molecule has 0 spiro atoms. The second-order valence-corrected chi connectivity index (χ2v) is 13.2. The van der Waals surface area contributed by atoms with Gasteiger partial charge in [0.1, 0.15) is 15.9 Å². The number of aryl methyl sites for hydroxylation is 1. The van der Waals surface area contributed by atoms with Crippen molar-refractivity contribution in [3.05, 3.63) is 23.5 Å². The van der Waals surface area contributed by atoms with Gasteiger partial charge < -0.3 is 14.1 Å². The van der Waals surface area contributed by atoms with Crippen molar-refractivity contribution in [1.82, 2.24) is 9.97 Å². The van der Waals surface area contributed by atoms with Crippen molar-refractivity contribution < 1.29 is 129 Å². The Morgan fingerprint density at radius 3 is 1.90 bits per heavy atom. The first-order valence-electron chi connectivity index (χ1n) is 13.4. The summed E-state index contributed by atoms with van der Waals surface area (Å²) in [5.74, 6) is -0.0903. The van der Waals surface area contributed by atoms with Crippen LogP contribution in [0.3, 0.4) is 0 Å². The fourth-order valence-electron chi connectivity index (χ4n) is 4.55. The molecule has 210 valence electrons. The van der Waals surface area contributed by atoms with Crippen LogP contribution in [0, 0.1) is 0 Å². The maximum Gasteiger partial charge on any atom is 1.00 e. The molecule has 39 heavy (non-hydrogen) atoms. The van der Waals surface area contributed by atoms with Crippen LogP contribution < -0.4 is 103 Å². The van der Waals surface area contributed by atoms with Gasteiger partial charge in [-0.05, 0) is 36.3 Å². The van der Waals surface area contributed by atoms with Gasteiger partial charge in [0, 0.05) is 24.2 Å². The monoisotopic (exact) mass is 650 g/mol. The number of thiocarbonyl (C=S) groups is 1. The molecule has 0 amide bonds. The first kappa shape index (κ1) is 40.9. The van der Waals surface area contributed by atoms with Crippen molar-refractivity contribution in [3.8, 4) is 0 Å². The molecule has 0 aliphatic heterocycles. The Bertz CT molecular complexity index is 1220. The van der Waals surface area contributed by atoms with Gasteiger partial charge in [0.2, 0.25) is 0 Å². The summed E-state index contributed by atoms with van der Waals surface area (Å²) < 4.78 is 68.3. The molecule has 0 radical (unpaired) electrons. The molecular formula is C26H40K2N2O6S3. The minimum absolute atomic E-state index is 0. The number of H-pyrrole nitrogens is 1. The predicted octanol–water partition coefficient (Wildman–Crippen LogP) is -0.0436. The van der Waals surface area contributed by atoms with Gasteiger partial charge in [0.05, 0.1) is 26.0 Å². The fraction of sp³-hybridized carbons (Fsp3) is 0.692. The maximum absolute atomic E-state index is 11.9. The van der Waals surface area contributed by atoms with E-state index in [1.807, 2.05) is 0 Å². The van der Waals surface area contributed by atoms with E-state index in [4.69, 9.17) is 12.2 Å². The Kier molecular flexibility index (Phi) is 22.6. The Morgan fingerprint density at radius 2 is 1.38 bits per heavy atom. The summed E-state index contributed by atoms with van der Waals surface area (Å²) in [5, 5.41) is 0. The molecule has 0 bridgehead atoms. The molecule has 1 aromatic heterocycles. The molecule has 1 N–H and O–H groups in total. The zero-order valence-electron chi connectivity index (χ0n) is 23.8. The van der Waals surface area contributed by atoms with E-state index in [1.165, 1.54) is 69.9 Å². The van der Waals surface area contributed by atoms with Crippen LogP contribution in [0.5, 0.6) is 0 Å². The Hall–Kier alpha value is 1.87. The SMILES string of the molecule is CCCCCCCCCCCCCCC(=S)Cc1c(S(=O)(=O)[O-])ccc2[nH]c(CCCS(=O)(=O)[O-])nc12.[K+].[K+]. The molecule has 13 heteroatoms. The molecular weight excluding hydrogens is 611 g/mol. The van der Waals surface area contributed by atoms with Gasteiger partial charge in [0.25, 0.3) is 0 Å². The van der Waals surface area contributed by atoms with Crippen molar-refractivity contribution in [2.75, 3.05) is 5.75 Å². The average molecular weight is 651 g/mol. The zero-order chi connectivity index (χ0) is 27.3. The molecule has 0 saturated carbocycles. The Balaban J connectivity index is 0.00000722. The smallest absolute Gasteiger partial charge is 0.748 e. The summed E-state index contributed by atoms with van der Waals surface area (Å²) in [4.78, 5) is 7.77. The van der Waals surface area contributed by atoms with Gasteiger partial charge in [-0.25, -0.2) is 21.8 Å². The van der Waals surface area contributed by atoms with Crippen molar-refractivity contribution >= 4 is 48.4 Å². The standard InChI is InChI=1S/C26H42N2O6S3.2K/c1-2-3-4-5-6-7-8-9-10-11-12-13-15-21(35)20-22-24(37(32,33)34)18-17-23-26(22)28-25(27-23)16-14-19-36(29,30)31;;/h17-18H,2-16,19-20H2,1H3,(H,27,28)(H,29,30,31)(H,32,33,34);;/q;2*+1/p-2. The van der Waals surface area contributed by atoms with Gasteiger partial charge in [-0.1, -0.05) is 89.8 Å². The zero-order valence-corrected chi connectivity index (χ0v) is 32.5. The van der Waals surface area contributed by atoms with E-state index >= 15 is 0 Å². The summed E-state index contributed by atoms with van der Waals surface area (Å²) >= 11 is 5.54. The Labute approximate surface area is 325 Å². The molecule has 0 unspecified atom stereocenters. The molecule has 2 rings (SSSR count). The van der Waals surface area contributed by atoms with Gasteiger partial charge >= 0.3 is 103 Å². The molecule has 0 aliphatic rings. The molecule has 2 aromatic rings. The van der Waals surface area contributed by atoms with E-state index in [0.717, 1.165) is 19.3 Å². The van der Waals surface area contributed by atoms with Crippen LogP contribution in [-0.4, -0.2) is 46.5 Å². The number of aromatic nitrogens is 2. The second-order valence-electron chi connectivity index (χ2n) is 9.80. The van der Waals surface area contributed by atoms with E-state index in [1.54, 1.807) is 0 Å². The summed E-state index contributed by atoms with van der Waals surface area (Å²) in [7, 11) is -9.06. The van der Waals surface area contributed by atoms with Crippen molar-refractivity contribution in [2.24, 2.45) is 0 Å². The third-order valence-electron chi connectivity index (χ3n) is 6.53. The third kappa shape index (κ3) is 17.1. The number of imidazole rings is 1. The van der Waals surface area contributed by atoms with Crippen LogP contribution in [0.15, 0.2) is 17.0 Å². The van der Waals surface area contributed by atoms with E-state index in [0.29, 0.717) is 28.1 Å². The van der Waals surface area contributed by atoms with Crippen LogP contribution in [0.4, 0.5) is 0 Å². The molecule has 0 atom stereocenters.